The second-order valence-corrected chi connectivity index (χ2v) is 7.19. The van der Waals surface area contributed by atoms with Crippen LogP contribution in [0.3, 0.4) is 0 Å². The maximum atomic E-state index is 12.5. The fourth-order valence-electron chi connectivity index (χ4n) is 2.63. The van der Waals surface area contributed by atoms with E-state index in [1.165, 1.54) is 0 Å². The third-order valence-corrected chi connectivity index (χ3v) is 4.80. The monoisotopic (exact) mass is 468 g/mol. The molecule has 0 unspecified atom stereocenters. The van der Waals surface area contributed by atoms with Crippen molar-refractivity contribution < 1.29 is 19.1 Å². The van der Waals surface area contributed by atoms with Crippen LogP contribution in [0.5, 0.6) is 5.75 Å². The molecule has 0 heterocycles. The Morgan fingerprint density at radius 2 is 1.40 bits per heavy atom. The summed E-state index contributed by atoms with van der Waals surface area (Å²) in [4.78, 5) is 24.7. The number of benzene rings is 3. The van der Waals surface area contributed by atoms with Gasteiger partial charge in [-0.25, -0.2) is 0 Å². The molecule has 0 aliphatic carbocycles. The molecule has 0 bridgehead atoms. The average Bonchev–Trinajstić information content (AvgIpc) is 2.77. The first kappa shape index (κ1) is 21.5. The topological polar surface area (TPSA) is 76.7 Å². The number of nitrogens with one attached hydrogen (secondary N) is 2. The van der Waals surface area contributed by atoms with Crippen molar-refractivity contribution in [2.75, 3.05) is 31.0 Å². The van der Waals surface area contributed by atoms with Crippen molar-refractivity contribution in [3.63, 3.8) is 0 Å². The molecule has 0 aromatic heterocycles. The number of rotatable bonds is 8. The number of anilines is 2. The van der Waals surface area contributed by atoms with Crippen LogP contribution < -0.4 is 15.4 Å². The molecule has 0 saturated carbocycles. The van der Waals surface area contributed by atoms with Gasteiger partial charge in [0.25, 0.3) is 11.8 Å². The zero-order valence-corrected chi connectivity index (χ0v) is 17.9. The van der Waals surface area contributed by atoms with Gasteiger partial charge in [0.1, 0.15) is 12.4 Å². The highest BCUT2D eigenvalue weighted by atomic mass is 79.9. The summed E-state index contributed by atoms with van der Waals surface area (Å²) in [6, 6.07) is 21.0. The zero-order chi connectivity index (χ0) is 21.3. The van der Waals surface area contributed by atoms with Gasteiger partial charge in [0.15, 0.2) is 0 Å². The van der Waals surface area contributed by atoms with Gasteiger partial charge in [-0.3, -0.25) is 9.59 Å². The number of hydrogen-bond donors (Lipinski definition) is 2. The molecule has 0 aliphatic rings. The fraction of sp³-hybridized carbons (Fsp3) is 0.130. The van der Waals surface area contributed by atoms with Crippen LogP contribution in [0.4, 0.5) is 11.4 Å². The minimum atomic E-state index is -0.250. The number of amides is 2. The van der Waals surface area contributed by atoms with Crippen LogP contribution in [0.2, 0.25) is 0 Å². The summed E-state index contributed by atoms with van der Waals surface area (Å²) in [5.74, 6) is 0.201. The number of halogens is 1. The van der Waals surface area contributed by atoms with Crippen LogP contribution >= 0.6 is 15.9 Å². The van der Waals surface area contributed by atoms with Crippen molar-refractivity contribution in [2.24, 2.45) is 0 Å². The molecule has 2 N–H and O–H groups in total. The highest BCUT2D eigenvalue weighted by Crippen LogP contribution is 2.26. The summed E-state index contributed by atoms with van der Waals surface area (Å²) < 4.78 is 11.2. The summed E-state index contributed by atoms with van der Waals surface area (Å²) in [6.45, 7) is 0.907. The van der Waals surface area contributed by atoms with Crippen molar-refractivity contribution in [3.05, 3.63) is 88.4 Å². The molecule has 3 aromatic rings. The van der Waals surface area contributed by atoms with E-state index >= 15 is 0 Å². The normalized spacial score (nSPS) is 10.3. The maximum Gasteiger partial charge on any atom is 0.255 e. The second kappa shape index (κ2) is 10.6. The first-order valence-corrected chi connectivity index (χ1v) is 10.1. The van der Waals surface area contributed by atoms with Crippen LogP contribution in [0.1, 0.15) is 20.7 Å². The lowest BCUT2D eigenvalue weighted by Crippen LogP contribution is -2.13. The first-order chi connectivity index (χ1) is 14.6. The molecule has 2 amide bonds. The SMILES string of the molecule is COCCOc1ccc(C(=O)Nc2ccc(NC(=O)c3ccccc3)cc2)cc1Br. The highest BCUT2D eigenvalue weighted by molar-refractivity contribution is 9.10. The van der Waals surface area contributed by atoms with Crippen LogP contribution in [0, 0.1) is 0 Å². The molecule has 0 aliphatic heterocycles. The second-order valence-electron chi connectivity index (χ2n) is 6.34. The smallest absolute Gasteiger partial charge is 0.255 e. The summed E-state index contributed by atoms with van der Waals surface area (Å²) >= 11 is 3.42. The van der Waals surface area contributed by atoms with Crippen molar-refractivity contribution in [1.82, 2.24) is 0 Å². The standard InChI is InChI=1S/C23H21BrN2O4/c1-29-13-14-30-21-12-7-17(15-20(21)24)23(28)26-19-10-8-18(9-11-19)25-22(27)16-5-3-2-4-6-16/h2-12,15H,13-14H2,1H3,(H,25,27)(H,26,28). The Kier molecular flexibility index (Phi) is 7.59. The van der Waals surface area contributed by atoms with Crippen LogP contribution in [-0.4, -0.2) is 32.1 Å². The van der Waals surface area contributed by atoms with Crippen LogP contribution in [0.25, 0.3) is 0 Å². The van der Waals surface area contributed by atoms with Crippen molar-refractivity contribution in [2.45, 2.75) is 0 Å². The van der Waals surface area contributed by atoms with Gasteiger partial charge < -0.3 is 20.1 Å². The van der Waals surface area contributed by atoms with E-state index in [0.717, 1.165) is 0 Å². The Hall–Kier alpha value is -3.16. The molecule has 0 saturated heterocycles. The maximum absolute atomic E-state index is 12.5. The van der Waals surface area contributed by atoms with Gasteiger partial charge in [-0.2, -0.15) is 0 Å². The fourth-order valence-corrected chi connectivity index (χ4v) is 3.12. The summed E-state index contributed by atoms with van der Waals surface area (Å²) in [6.07, 6.45) is 0. The van der Waals surface area contributed by atoms with E-state index in [0.29, 0.717) is 45.9 Å². The van der Waals surface area contributed by atoms with E-state index in [1.807, 2.05) is 18.2 Å². The highest BCUT2D eigenvalue weighted by Gasteiger charge is 2.10. The molecule has 0 atom stereocenters. The summed E-state index contributed by atoms with van der Waals surface area (Å²) in [5, 5.41) is 5.66. The predicted molar refractivity (Wildman–Crippen MR) is 120 cm³/mol. The molecule has 7 heteroatoms. The molecule has 3 rings (SSSR count). The van der Waals surface area contributed by atoms with Gasteiger partial charge in [-0.15, -0.1) is 0 Å². The number of carbonyl (C=O) groups is 2. The molecule has 0 spiro atoms. The summed E-state index contributed by atoms with van der Waals surface area (Å²) in [5.41, 5.74) is 2.33. The molecule has 154 valence electrons. The Morgan fingerprint density at radius 3 is 1.97 bits per heavy atom. The third-order valence-electron chi connectivity index (χ3n) is 4.18. The Morgan fingerprint density at radius 1 is 0.800 bits per heavy atom. The van der Waals surface area contributed by atoms with Gasteiger partial charge in [-0.05, 0) is 70.5 Å². The molecule has 0 fully saturated rings. The van der Waals surface area contributed by atoms with E-state index in [4.69, 9.17) is 9.47 Å². The minimum absolute atomic E-state index is 0.190. The van der Waals surface area contributed by atoms with Gasteiger partial charge in [0.05, 0.1) is 11.1 Å². The molecule has 0 radical (unpaired) electrons. The van der Waals surface area contributed by atoms with Crippen LogP contribution in [0.15, 0.2) is 77.3 Å². The van der Waals surface area contributed by atoms with Gasteiger partial charge in [0.2, 0.25) is 0 Å². The number of carbonyl (C=O) groups excluding carboxylic acids is 2. The lowest BCUT2D eigenvalue weighted by Gasteiger charge is -2.10. The lowest BCUT2D eigenvalue weighted by atomic mass is 10.2. The van der Waals surface area contributed by atoms with E-state index in [-0.39, 0.29) is 11.8 Å². The quantitative estimate of drug-likeness (QED) is 0.457. The molecule has 30 heavy (non-hydrogen) atoms. The van der Waals surface area contributed by atoms with E-state index in [1.54, 1.807) is 61.7 Å². The first-order valence-electron chi connectivity index (χ1n) is 9.26. The van der Waals surface area contributed by atoms with Gasteiger partial charge in [0, 0.05) is 29.6 Å². The van der Waals surface area contributed by atoms with E-state index < -0.39 is 0 Å². The Labute approximate surface area is 183 Å². The molecular formula is C23H21BrN2O4. The van der Waals surface area contributed by atoms with E-state index in [2.05, 4.69) is 26.6 Å². The number of ether oxygens (including phenoxy) is 2. The van der Waals surface area contributed by atoms with Gasteiger partial charge in [-0.1, -0.05) is 18.2 Å². The predicted octanol–water partition coefficient (Wildman–Crippen LogP) is 4.98. The average molecular weight is 469 g/mol. The van der Waals surface area contributed by atoms with Crippen molar-refractivity contribution in [3.8, 4) is 5.75 Å². The largest absolute Gasteiger partial charge is 0.490 e. The minimum Gasteiger partial charge on any atom is -0.490 e. The van der Waals surface area contributed by atoms with Gasteiger partial charge >= 0.3 is 0 Å². The van der Waals surface area contributed by atoms with E-state index in [9.17, 15) is 9.59 Å². The molecule has 3 aromatic carbocycles. The number of hydrogen-bond acceptors (Lipinski definition) is 4. The zero-order valence-electron chi connectivity index (χ0n) is 16.4. The third kappa shape index (κ3) is 5.92. The Balaban J connectivity index is 1.59. The molecular weight excluding hydrogens is 448 g/mol. The van der Waals surface area contributed by atoms with Crippen molar-refractivity contribution >= 4 is 39.1 Å². The molecule has 6 nitrogen and oxygen atoms in total. The Bertz CT molecular complexity index is 1010. The lowest BCUT2D eigenvalue weighted by molar-refractivity contribution is 0.101. The number of methoxy groups -OCH3 is 1. The van der Waals surface area contributed by atoms with Crippen molar-refractivity contribution in [1.29, 1.82) is 0 Å². The summed E-state index contributed by atoms with van der Waals surface area (Å²) in [7, 11) is 1.61. The van der Waals surface area contributed by atoms with Crippen LogP contribution in [-0.2, 0) is 4.74 Å².